The molecule has 0 atom stereocenters. The fourth-order valence-corrected chi connectivity index (χ4v) is 15.9. The number of anilines is 6. The van der Waals surface area contributed by atoms with E-state index in [-0.39, 0.29) is 6.71 Å². The van der Waals surface area contributed by atoms with E-state index in [4.69, 9.17) is 0 Å². The van der Waals surface area contributed by atoms with Crippen molar-refractivity contribution in [2.75, 3.05) is 9.80 Å². The van der Waals surface area contributed by atoms with Gasteiger partial charge in [0.1, 0.15) is 0 Å². The first-order valence-corrected chi connectivity index (χ1v) is 33.6. The molecule has 0 saturated heterocycles. The van der Waals surface area contributed by atoms with Crippen LogP contribution in [0.25, 0.3) is 122 Å². The quantitative estimate of drug-likeness (QED) is 0.128. The van der Waals surface area contributed by atoms with Gasteiger partial charge in [0.2, 0.25) is 0 Å². The Morgan fingerprint density at radius 1 is 0.232 bits per heavy atom. The Labute approximate surface area is 574 Å². The van der Waals surface area contributed by atoms with Gasteiger partial charge in [-0.1, -0.05) is 218 Å². The van der Waals surface area contributed by atoms with Crippen LogP contribution in [0.4, 0.5) is 34.1 Å². The second-order valence-electron chi connectivity index (χ2n) is 25.8. The van der Waals surface area contributed by atoms with E-state index in [9.17, 15) is 10.5 Å². The number of rotatable bonds is 10. The van der Waals surface area contributed by atoms with Crippen LogP contribution in [-0.4, -0.2) is 15.8 Å². The molecule has 0 unspecified atom stereocenters. The van der Waals surface area contributed by atoms with Crippen LogP contribution in [0.5, 0.6) is 0 Å². The highest BCUT2D eigenvalue weighted by atomic mass is 15.2. The molecule has 0 fully saturated rings. The fourth-order valence-electron chi connectivity index (χ4n) is 15.9. The molecule has 0 radical (unpaired) electrons. The molecule has 0 N–H and O–H groups in total. The van der Waals surface area contributed by atoms with Crippen LogP contribution in [0.15, 0.2) is 346 Å². The van der Waals surface area contributed by atoms with Crippen LogP contribution in [0.3, 0.4) is 0 Å². The molecule has 2 aliphatic rings. The van der Waals surface area contributed by atoms with Gasteiger partial charge in [0, 0.05) is 66.8 Å². The van der Waals surface area contributed by atoms with Crippen LogP contribution in [0.1, 0.15) is 11.1 Å². The average molecular weight is 1260 g/mol. The van der Waals surface area contributed by atoms with E-state index >= 15 is 0 Å². The van der Waals surface area contributed by atoms with E-state index in [1.54, 1.807) is 0 Å². The third-order valence-electron chi connectivity index (χ3n) is 20.3. The van der Waals surface area contributed by atoms with Crippen molar-refractivity contribution >= 4 is 101 Å². The van der Waals surface area contributed by atoms with Gasteiger partial charge < -0.3 is 18.9 Å². The van der Waals surface area contributed by atoms with Crippen LogP contribution < -0.4 is 26.2 Å². The second-order valence-corrected chi connectivity index (χ2v) is 25.8. The predicted molar refractivity (Wildman–Crippen MR) is 411 cm³/mol. The Kier molecular flexibility index (Phi) is 13.4. The normalized spacial score (nSPS) is 12.2. The lowest BCUT2D eigenvalue weighted by Gasteiger charge is -2.44. The van der Waals surface area contributed by atoms with Crippen molar-refractivity contribution < 1.29 is 0 Å². The Morgan fingerprint density at radius 3 is 0.980 bits per heavy atom. The van der Waals surface area contributed by atoms with Gasteiger partial charge in [0.25, 0.3) is 6.71 Å². The number of fused-ring (bicyclic) bond motifs is 10. The molecule has 15 aromatic carbocycles. The Bertz CT molecular complexity index is 5850. The monoisotopic (exact) mass is 1260 g/mol. The summed E-state index contributed by atoms with van der Waals surface area (Å²) in [6.45, 7) is -0.118. The summed E-state index contributed by atoms with van der Waals surface area (Å²) in [5, 5.41) is 25.9. The van der Waals surface area contributed by atoms with E-state index in [1.165, 1.54) is 16.4 Å². The van der Waals surface area contributed by atoms with Crippen LogP contribution >= 0.6 is 0 Å². The lowest BCUT2D eigenvalue weighted by Crippen LogP contribution is -2.61. The highest BCUT2D eigenvalue weighted by Gasteiger charge is 2.44. The van der Waals surface area contributed by atoms with Crippen molar-refractivity contribution in [3.8, 4) is 90.3 Å². The summed E-state index contributed by atoms with van der Waals surface area (Å²) < 4.78 is 4.66. The average Bonchev–Trinajstić information content (AvgIpc) is 1.38. The zero-order valence-electron chi connectivity index (χ0n) is 53.7. The summed E-state index contributed by atoms with van der Waals surface area (Å²) in [6, 6.07) is 130. The van der Waals surface area contributed by atoms with Gasteiger partial charge in [-0.2, -0.15) is 10.5 Å². The number of hydrogen-bond acceptors (Lipinski definition) is 4. The number of nitrogens with zero attached hydrogens (tertiary/aromatic N) is 6. The number of nitriles is 2. The first-order valence-electron chi connectivity index (χ1n) is 33.6. The summed E-state index contributed by atoms with van der Waals surface area (Å²) in [5.74, 6) is 0. The van der Waals surface area contributed by atoms with Gasteiger partial charge in [-0.3, -0.25) is 0 Å². The van der Waals surface area contributed by atoms with E-state index in [0.717, 1.165) is 156 Å². The van der Waals surface area contributed by atoms with Crippen molar-refractivity contribution in [2.45, 2.75) is 0 Å². The molecule has 17 aromatic rings. The number of aromatic nitrogens is 2. The first-order chi connectivity index (χ1) is 49.0. The number of para-hydroxylation sites is 5. The number of hydrogen-bond donors (Lipinski definition) is 0. The summed E-state index contributed by atoms with van der Waals surface area (Å²) in [4.78, 5) is 5.08. The molecule has 19 rings (SSSR count). The topological polar surface area (TPSA) is 63.9 Å². The molecule has 7 heteroatoms. The smallest absolute Gasteiger partial charge is 0.252 e. The zero-order valence-corrected chi connectivity index (χ0v) is 53.7. The molecule has 0 spiro atoms. The molecule has 6 nitrogen and oxygen atoms in total. The lowest BCUT2D eigenvalue weighted by molar-refractivity contribution is 1.16. The minimum atomic E-state index is -0.118. The maximum absolute atomic E-state index is 10.8. The molecule has 4 heterocycles. The third kappa shape index (κ3) is 9.33. The Morgan fingerprint density at radius 2 is 0.576 bits per heavy atom. The second kappa shape index (κ2) is 23.2. The zero-order chi connectivity index (χ0) is 65.7. The van der Waals surface area contributed by atoms with E-state index < -0.39 is 0 Å². The molecule has 0 aliphatic carbocycles. The standard InChI is InChI=1S/C92H57BN6/c94-58-60-41-44-85(98-82-36-18-13-31-74(82)75-32-14-19-37-83(75)98)77(47-60)78-48-61(59-95)42-45-86(78)99-84-38-20-15-33-76(84)79-55-66(43-46-87(79)99)71-56-90-92-91(57-71)97(73-53-69(64-27-9-3-10-28-64)50-70(54-73)65-29-11-4-12-30-65)89-40-22-17-35-81(89)93(92)80-34-16-21-39-88(80)96(90)72-51-67(62-23-5-1-6-24-62)49-68(52-72)63-25-7-2-8-26-63/h1-57H. The van der Waals surface area contributed by atoms with Gasteiger partial charge in [-0.15, -0.1) is 0 Å². The van der Waals surface area contributed by atoms with Crippen molar-refractivity contribution in [3.63, 3.8) is 0 Å². The van der Waals surface area contributed by atoms with E-state index in [2.05, 4.69) is 353 Å². The molecule has 0 amide bonds. The van der Waals surface area contributed by atoms with Crippen LogP contribution in [0.2, 0.25) is 0 Å². The molecule has 2 aromatic heterocycles. The van der Waals surface area contributed by atoms with Gasteiger partial charge in [0.05, 0.1) is 56.7 Å². The summed E-state index contributed by atoms with van der Waals surface area (Å²) in [6.07, 6.45) is 0. The maximum Gasteiger partial charge on any atom is 0.252 e. The van der Waals surface area contributed by atoms with Gasteiger partial charge in [-0.05, 0) is 199 Å². The van der Waals surface area contributed by atoms with Crippen molar-refractivity contribution in [3.05, 3.63) is 357 Å². The highest BCUT2D eigenvalue weighted by molar-refractivity contribution is 7.00. The predicted octanol–water partition coefficient (Wildman–Crippen LogP) is 21.7. The largest absolute Gasteiger partial charge is 0.311 e. The first kappa shape index (κ1) is 57.0. The third-order valence-corrected chi connectivity index (χ3v) is 20.3. The SMILES string of the molecule is N#Cc1ccc(-n2c3ccccc3c3ccccc32)c(-c2cc(C#N)ccc2-n2c3ccccc3c3cc(-c4cc5c6c(c4)N(c4cc(-c7ccccc7)cc(-c7ccccc7)c4)c4ccccc4B6c4ccccc4N5c4cc(-c5ccccc5)cc(-c5ccccc5)c4)ccc32)c1. The van der Waals surface area contributed by atoms with Gasteiger partial charge in [0.15, 0.2) is 0 Å². The van der Waals surface area contributed by atoms with Crippen molar-refractivity contribution in [1.29, 1.82) is 10.5 Å². The van der Waals surface area contributed by atoms with Crippen molar-refractivity contribution in [1.82, 2.24) is 9.13 Å². The Balaban J connectivity index is 0.875. The highest BCUT2D eigenvalue weighted by Crippen LogP contribution is 2.50. The molecule has 2 aliphatic heterocycles. The fraction of sp³-hybridized carbons (Fsp3) is 0. The van der Waals surface area contributed by atoms with Gasteiger partial charge >= 0.3 is 0 Å². The maximum atomic E-state index is 10.8. The van der Waals surface area contributed by atoms with E-state index in [1.807, 2.05) is 24.3 Å². The molecular formula is C92H57BN6. The van der Waals surface area contributed by atoms with Gasteiger partial charge in [-0.25, -0.2) is 0 Å². The summed E-state index contributed by atoms with van der Waals surface area (Å²) in [7, 11) is 0. The minimum absolute atomic E-state index is 0.118. The molecular weight excluding hydrogens is 1200 g/mol. The Hall–Kier alpha value is -13.5. The molecule has 458 valence electrons. The minimum Gasteiger partial charge on any atom is -0.311 e. The summed E-state index contributed by atoms with van der Waals surface area (Å²) in [5.41, 5.74) is 30.1. The summed E-state index contributed by atoms with van der Waals surface area (Å²) >= 11 is 0. The lowest BCUT2D eigenvalue weighted by atomic mass is 9.33. The van der Waals surface area contributed by atoms with Crippen LogP contribution in [0, 0.1) is 22.7 Å². The van der Waals surface area contributed by atoms with E-state index in [0.29, 0.717) is 11.1 Å². The molecule has 0 saturated carbocycles. The number of benzene rings is 15. The van der Waals surface area contributed by atoms with Crippen LogP contribution in [-0.2, 0) is 0 Å². The van der Waals surface area contributed by atoms with Crippen molar-refractivity contribution in [2.24, 2.45) is 0 Å². The molecule has 99 heavy (non-hydrogen) atoms. The molecule has 0 bridgehead atoms.